The van der Waals surface area contributed by atoms with Crippen molar-refractivity contribution >= 4 is 5.91 Å². The van der Waals surface area contributed by atoms with Crippen molar-refractivity contribution in [3.63, 3.8) is 0 Å². The summed E-state index contributed by atoms with van der Waals surface area (Å²) in [5.74, 6) is 0.642. The third kappa shape index (κ3) is 7.37. The van der Waals surface area contributed by atoms with E-state index in [1.807, 2.05) is 18.2 Å². The van der Waals surface area contributed by atoms with Gasteiger partial charge in [-0.25, -0.2) is 0 Å². The van der Waals surface area contributed by atoms with Gasteiger partial charge in [0.2, 0.25) is 0 Å². The highest BCUT2D eigenvalue weighted by atomic mass is 16.5. The van der Waals surface area contributed by atoms with E-state index in [4.69, 9.17) is 15.2 Å². The number of carbonyl (C=O) groups excluding carboxylic acids is 1. The molecule has 0 saturated heterocycles. The van der Waals surface area contributed by atoms with E-state index in [1.54, 1.807) is 7.11 Å². The Balaban J connectivity index is 2.73. The van der Waals surface area contributed by atoms with Crippen molar-refractivity contribution in [3.8, 4) is 11.5 Å². The van der Waals surface area contributed by atoms with Gasteiger partial charge in [0.05, 0.1) is 12.6 Å². The largest absolute Gasteiger partial charge is 0.493 e. The van der Waals surface area contributed by atoms with E-state index in [2.05, 4.69) is 39.9 Å². The number of rotatable bonds is 8. The summed E-state index contributed by atoms with van der Waals surface area (Å²) in [5, 5.41) is 2.34. The lowest BCUT2D eigenvalue weighted by Gasteiger charge is -2.30. The lowest BCUT2D eigenvalue weighted by atomic mass is 9.82. The molecule has 0 saturated carbocycles. The summed E-state index contributed by atoms with van der Waals surface area (Å²) < 4.78 is 10.7. The SMILES string of the molecule is COc1cc(C[NH2+]C(C)(C)CC(C)(C)C)ccc1OCC(N)=O. The number of nitrogens with two attached hydrogens (primary N) is 2. The molecule has 0 aromatic heterocycles. The number of hydrogen-bond acceptors (Lipinski definition) is 3. The van der Waals surface area contributed by atoms with E-state index in [0.29, 0.717) is 16.9 Å². The van der Waals surface area contributed by atoms with E-state index >= 15 is 0 Å². The summed E-state index contributed by atoms with van der Waals surface area (Å²) in [5.41, 5.74) is 6.70. The molecule has 1 aromatic rings. The van der Waals surface area contributed by atoms with E-state index in [1.165, 1.54) is 0 Å². The molecule has 4 N–H and O–H groups in total. The molecule has 1 amide bonds. The van der Waals surface area contributed by atoms with Crippen LogP contribution in [-0.4, -0.2) is 25.2 Å². The summed E-state index contributed by atoms with van der Waals surface area (Å²) in [7, 11) is 1.59. The van der Waals surface area contributed by atoms with Crippen LogP contribution in [0.1, 0.15) is 46.6 Å². The minimum atomic E-state index is -0.506. The zero-order chi connectivity index (χ0) is 17.7. The van der Waals surface area contributed by atoms with Crippen LogP contribution in [-0.2, 0) is 11.3 Å². The standard InChI is InChI=1S/C18H30N2O3/c1-17(2,3)12-18(4,5)20-10-13-7-8-14(15(9-13)22-6)23-11-16(19)21/h7-9,20H,10-12H2,1-6H3,(H2,19,21)/p+1. The molecule has 0 spiro atoms. The van der Waals surface area contributed by atoms with E-state index in [0.717, 1.165) is 18.5 Å². The minimum absolute atomic E-state index is 0.152. The number of hydrogen-bond donors (Lipinski definition) is 2. The third-order valence-electron chi connectivity index (χ3n) is 3.47. The fourth-order valence-electron chi connectivity index (χ4n) is 2.94. The fourth-order valence-corrected chi connectivity index (χ4v) is 2.94. The van der Waals surface area contributed by atoms with Gasteiger partial charge in [-0.2, -0.15) is 0 Å². The van der Waals surface area contributed by atoms with Crippen LogP contribution in [0.3, 0.4) is 0 Å². The van der Waals surface area contributed by atoms with Crippen molar-refractivity contribution in [2.45, 2.75) is 53.1 Å². The Morgan fingerprint density at radius 2 is 1.83 bits per heavy atom. The molecule has 1 aromatic carbocycles. The minimum Gasteiger partial charge on any atom is -0.493 e. The number of methoxy groups -OCH3 is 1. The van der Waals surface area contributed by atoms with Gasteiger partial charge in [0.1, 0.15) is 6.54 Å². The summed E-state index contributed by atoms with van der Waals surface area (Å²) >= 11 is 0. The van der Waals surface area contributed by atoms with Crippen molar-refractivity contribution < 1.29 is 19.6 Å². The maximum Gasteiger partial charge on any atom is 0.255 e. The fraction of sp³-hybridized carbons (Fsp3) is 0.611. The summed E-state index contributed by atoms with van der Waals surface area (Å²) in [6, 6.07) is 5.75. The van der Waals surface area contributed by atoms with Crippen LogP contribution in [0.15, 0.2) is 18.2 Å². The molecule has 0 unspecified atom stereocenters. The van der Waals surface area contributed by atoms with Gasteiger partial charge < -0.3 is 20.5 Å². The van der Waals surface area contributed by atoms with Gasteiger partial charge in [0, 0.05) is 12.0 Å². The van der Waals surface area contributed by atoms with Gasteiger partial charge in [-0.15, -0.1) is 0 Å². The first-order chi connectivity index (χ1) is 10.5. The maximum atomic E-state index is 10.8. The second-order valence-corrected chi connectivity index (χ2v) is 7.87. The van der Waals surface area contributed by atoms with Crippen LogP contribution in [0.5, 0.6) is 11.5 Å². The number of carbonyl (C=O) groups is 1. The Morgan fingerprint density at radius 3 is 2.35 bits per heavy atom. The molecule has 0 atom stereocenters. The third-order valence-corrected chi connectivity index (χ3v) is 3.47. The number of quaternary nitrogens is 1. The van der Waals surface area contributed by atoms with Gasteiger partial charge in [0.15, 0.2) is 18.1 Å². The number of benzene rings is 1. The van der Waals surface area contributed by atoms with Gasteiger partial charge in [-0.3, -0.25) is 4.79 Å². The molecular formula is C18H31N2O3+. The average molecular weight is 323 g/mol. The quantitative estimate of drug-likeness (QED) is 0.766. The second kappa shape index (κ2) is 7.68. The molecule has 0 fully saturated rings. The molecule has 23 heavy (non-hydrogen) atoms. The zero-order valence-electron chi connectivity index (χ0n) is 15.2. The van der Waals surface area contributed by atoms with Crippen molar-refractivity contribution in [3.05, 3.63) is 23.8 Å². The lowest BCUT2D eigenvalue weighted by Crippen LogP contribution is -2.94. The highest BCUT2D eigenvalue weighted by molar-refractivity contribution is 5.75. The normalized spacial score (nSPS) is 12.1. The topological polar surface area (TPSA) is 78.2 Å². The first-order valence-electron chi connectivity index (χ1n) is 7.95. The molecule has 0 bridgehead atoms. The van der Waals surface area contributed by atoms with Crippen molar-refractivity contribution in [2.24, 2.45) is 11.1 Å². The van der Waals surface area contributed by atoms with Crippen LogP contribution in [0.2, 0.25) is 0 Å². The predicted octanol–water partition coefficient (Wildman–Crippen LogP) is 1.84. The number of primary amides is 1. The first kappa shape index (κ1) is 19.3. The van der Waals surface area contributed by atoms with E-state index in [-0.39, 0.29) is 12.1 Å². The summed E-state index contributed by atoms with van der Waals surface area (Å²) in [4.78, 5) is 10.8. The van der Waals surface area contributed by atoms with Crippen LogP contribution in [0.25, 0.3) is 0 Å². The number of amides is 1. The Morgan fingerprint density at radius 1 is 1.17 bits per heavy atom. The first-order valence-corrected chi connectivity index (χ1v) is 7.95. The van der Waals surface area contributed by atoms with Crippen LogP contribution >= 0.6 is 0 Å². The van der Waals surface area contributed by atoms with Gasteiger partial charge >= 0.3 is 0 Å². The monoisotopic (exact) mass is 323 g/mol. The Bertz CT molecular complexity index is 534. The molecule has 0 radical (unpaired) electrons. The highest BCUT2D eigenvalue weighted by Crippen LogP contribution is 2.28. The highest BCUT2D eigenvalue weighted by Gasteiger charge is 2.28. The predicted molar refractivity (Wildman–Crippen MR) is 91.5 cm³/mol. The smallest absolute Gasteiger partial charge is 0.255 e. The van der Waals surface area contributed by atoms with Crippen LogP contribution < -0.4 is 20.5 Å². The van der Waals surface area contributed by atoms with Gasteiger partial charge in [-0.05, 0) is 37.5 Å². The van der Waals surface area contributed by atoms with Crippen molar-refractivity contribution in [1.82, 2.24) is 0 Å². The summed E-state index contributed by atoms with van der Waals surface area (Å²) in [6.45, 7) is 12.0. The molecule has 0 aliphatic rings. The van der Waals surface area contributed by atoms with Gasteiger partial charge in [-0.1, -0.05) is 20.8 Å². The van der Waals surface area contributed by atoms with Gasteiger partial charge in [0.25, 0.3) is 5.91 Å². The molecule has 0 aliphatic heterocycles. The zero-order valence-corrected chi connectivity index (χ0v) is 15.2. The molecule has 1 rings (SSSR count). The molecule has 130 valence electrons. The molecule has 5 heteroatoms. The van der Waals surface area contributed by atoms with Crippen molar-refractivity contribution in [2.75, 3.05) is 13.7 Å². The molecular weight excluding hydrogens is 292 g/mol. The molecule has 5 nitrogen and oxygen atoms in total. The maximum absolute atomic E-state index is 10.8. The van der Waals surface area contributed by atoms with Crippen LogP contribution in [0, 0.1) is 5.41 Å². The Hall–Kier alpha value is -1.75. The average Bonchev–Trinajstić information content (AvgIpc) is 2.40. The lowest BCUT2D eigenvalue weighted by molar-refractivity contribution is -0.737. The molecule has 0 aliphatic carbocycles. The van der Waals surface area contributed by atoms with Crippen molar-refractivity contribution in [1.29, 1.82) is 0 Å². The number of ether oxygens (including phenoxy) is 2. The summed E-state index contributed by atoms with van der Waals surface area (Å²) in [6.07, 6.45) is 1.12. The second-order valence-electron chi connectivity index (χ2n) is 7.87. The van der Waals surface area contributed by atoms with Crippen LogP contribution in [0.4, 0.5) is 0 Å². The van der Waals surface area contributed by atoms with E-state index in [9.17, 15) is 4.79 Å². The van der Waals surface area contributed by atoms with E-state index < -0.39 is 5.91 Å². The molecule has 0 heterocycles. The Labute approximate surface area is 139 Å². The Kier molecular flexibility index (Phi) is 6.45.